The topological polar surface area (TPSA) is 47.3 Å². The molecular formula is C23H26N2O. The molecule has 26 heavy (non-hydrogen) atoms. The van der Waals surface area contributed by atoms with Crippen LogP contribution in [0.15, 0.2) is 85.1 Å². The molecule has 0 aliphatic rings. The molecule has 0 bridgehead atoms. The maximum atomic E-state index is 10.7. The maximum Gasteiger partial charge on any atom is 0.117 e. The molecule has 3 heteroatoms. The fourth-order valence-corrected chi connectivity index (χ4v) is 2.96. The first-order valence-corrected chi connectivity index (χ1v) is 8.82. The SMILES string of the molecule is C=CC[C@H](/C=C(\C#N)N(C)[C@@H](C)[C@H](O)c1ccccc1)c1ccccc1. The Morgan fingerprint density at radius 1 is 1.12 bits per heavy atom. The molecule has 2 aromatic rings. The standard InChI is InChI=1S/C23H26N2O/c1-4-11-21(19-12-7-5-8-13-19)16-22(17-24)25(3)18(2)23(26)20-14-9-6-10-15-20/h4-10,12-16,18,21,23,26H,1,11H2,2-3H3/b22-16+/t18-,21+,23-/m0/s1. The van der Waals surface area contributed by atoms with Crippen LogP contribution in [0.1, 0.15) is 36.5 Å². The van der Waals surface area contributed by atoms with Gasteiger partial charge >= 0.3 is 0 Å². The van der Waals surface area contributed by atoms with E-state index in [0.29, 0.717) is 5.70 Å². The predicted octanol–water partition coefficient (Wildman–Crippen LogP) is 4.81. The van der Waals surface area contributed by atoms with Crippen LogP contribution >= 0.6 is 0 Å². The first kappa shape index (κ1) is 19.5. The van der Waals surface area contributed by atoms with E-state index in [-0.39, 0.29) is 12.0 Å². The van der Waals surface area contributed by atoms with Crippen LogP contribution in [0.4, 0.5) is 0 Å². The van der Waals surface area contributed by atoms with Gasteiger partial charge in [-0.2, -0.15) is 5.26 Å². The summed E-state index contributed by atoms with van der Waals surface area (Å²) in [6, 6.07) is 21.7. The zero-order valence-corrected chi connectivity index (χ0v) is 15.4. The van der Waals surface area contributed by atoms with E-state index in [0.717, 1.165) is 17.5 Å². The van der Waals surface area contributed by atoms with Gasteiger partial charge < -0.3 is 10.0 Å². The number of hydrogen-bond acceptors (Lipinski definition) is 3. The third-order valence-electron chi connectivity index (χ3n) is 4.71. The lowest BCUT2D eigenvalue weighted by atomic mass is 9.94. The zero-order valence-electron chi connectivity index (χ0n) is 15.4. The fraction of sp³-hybridized carbons (Fsp3) is 0.261. The van der Waals surface area contributed by atoms with Crippen molar-refractivity contribution in [1.82, 2.24) is 4.90 Å². The minimum absolute atomic E-state index is 0.0758. The third kappa shape index (κ3) is 4.84. The number of nitriles is 1. The van der Waals surface area contributed by atoms with Crippen LogP contribution in [0.2, 0.25) is 0 Å². The van der Waals surface area contributed by atoms with Crippen molar-refractivity contribution in [2.75, 3.05) is 7.05 Å². The molecule has 0 saturated heterocycles. The molecular weight excluding hydrogens is 320 g/mol. The average molecular weight is 346 g/mol. The normalized spacial score (nSPS) is 14.8. The van der Waals surface area contributed by atoms with E-state index in [1.807, 2.05) is 79.6 Å². The van der Waals surface area contributed by atoms with E-state index in [2.05, 4.69) is 24.8 Å². The number of likely N-dealkylation sites (N-methyl/N-ethyl adjacent to an activating group) is 1. The van der Waals surface area contributed by atoms with Gasteiger partial charge in [0.05, 0.1) is 12.1 Å². The quantitative estimate of drug-likeness (QED) is 0.551. The highest BCUT2D eigenvalue weighted by Gasteiger charge is 2.23. The molecule has 2 aromatic carbocycles. The van der Waals surface area contributed by atoms with E-state index >= 15 is 0 Å². The summed E-state index contributed by atoms with van der Waals surface area (Å²) < 4.78 is 0. The highest BCUT2D eigenvalue weighted by atomic mass is 16.3. The van der Waals surface area contributed by atoms with Crippen molar-refractivity contribution in [3.05, 3.63) is 96.2 Å². The van der Waals surface area contributed by atoms with Crippen LogP contribution in [0.5, 0.6) is 0 Å². The Balaban J connectivity index is 2.25. The fourth-order valence-electron chi connectivity index (χ4n) is 2.96. The van der Waals surface area contributed by atoms with Crippen LogP contribution in [0.3, 0.4) is 0 Å². The summed E-state index contributed by atoms with van der Waals surface area (Å²) in [5.41, 5.74) is 2.53. The molecule has 3 atom stereocenters. The van der Waals surface area contributed by atoms with Crippen LogP contribution < -0.4 is 0 Å². The molecule has 2 rings (SSSR count). The number of rotatable bonds is 8. The molecule has 0 fully saturated rings. The van der Waals surface area contributed by atoms with Crippen LogP contribution in [-0.4, -0.2) is 23.1 Å². The molecule has 0 unspecified atom stereocenters. The second-order valence-electron chi connectivity index (χ2n) is 6.41. The van der Waals surface area contributed by atoms with Crippen molar-refractivity contribution in [2.24, 2.45) is 0 Å². The summed E-state index contributed by atoms with van der Waals surface area (Å²) in [4.78, 5) is 1.84. The van der Waals surface area contributed by atoms with Gasteiger partial charge in [0, 0.05) is 13.0 Å². The summed E-state index contributed by atoms with van der Waals surface area (Å²) in [6.07, 6.45) is 3.91. The lowest BCUT2D eigenvalue weighted by Gasteiger charge is -2.31. The Morgan fingerprint density at radius 2 is 1.65 bits per heavy atom. The lowest BCUT2D eigenvalue weighted by Crippen LogP contribution is -2.33. The zero-order chi connectivity index (χ0) is 18.9. The van der Waals surface area contributed by atoms with Gasteiger partial charge in [-0.25, -0.2) is 0 Å². The molecule has 0 aliphatic carbocycles. The van der Waals surface area contributed by atoms with Crippen LogP contribution in [-0.2, 0) is 0 Å². The van der Waals surface area contributed by atoms with Gasteiger partial charge in [-0.05, 0) is 30.5 Å². The molecule has 134 valence electrons. The number of benzene rings is 2. The number of nitrogens with zero attached hydrogens (tertiary/aromatic N) is 2. The highest BCUT2D eigenvalue weighted by Crippen LogP contribution is 2.27. The Kier molecular flexibility index (Phi) is 7.20. The number of aliphatic hydroxyl groups is 1. The average Bonchev–Trinajstić information content (AvgIpc) is 2.70. The lowest BCUT2D eigenvalue weighted by molar-refractivity contribution is 0.0911. The van der Waals surface area contributed by atoms with Gasteiger partial charge in [-0.15, -0.1) is 6.58 Å². The van der Waals surface area contributed by atoms with E-state index in [9.17, 15) is 10.4 Å². The summed E-state index contributed by atoms with van der Waals surface area (Å²) in [5, 5.41) is 20.4. The first-order valence-electron chi connectivity index (χ1n) is 8.82. The number of hydrogen-bond donors (Lipinski definition) is 1. The van der Waals surface area contributed by atoms with Crippen molar-refractivity contribution >= 4 is 0 Å². The molecule has 0 radical (unpaired) electrons. The Labute approximate surface area is 156 Å². The largest absolute Gasteiger partial charge is 0.386 e. The molecule has 0 aromatic heterocycles. The summed E-state index contributed by atoms with van der Waals surface area (Å²) >= 11 is 0. The van der Waals surface area contributed by atoms with Gasteiger partial charge in [-0.3, -0.25) is 0 Å². The molecule has 0 saturated carbocycles. The smallest absolute Gasteiger partial charge is 0.117 e. The first-order chi connectivity index (χ1) is 12.6. The van der Waals surface area contributed by atoms with Crippen molar-refractivity contribution in [3.8, 4) is 6.07 Å². The van der Waals surface area contributed by atoms with E-state index in [1.165, 1.54) is 0 Å². The van der Waals surface area contributed by atoms with Crippen molar-refractivity contribution in [3.63, 3.8) is 0 Å². The maximum absolute atomic E-state index is 10.7. The third-order valence-corrected chi connectivity index (χ3v) is 4.71. The Morgan fingerprint density at radius 3 is 2.15 bits per heavy atom. The Bertz CT molecular complexity index is 762. The second kappa shape index (κ2) is 9.60. The van der Waals surface area contributed by atoms with E-state index in [1.54, 1.807) is 0 Å². The summed E-state index contributed by atoms with van der Waals surface area (Å²) in [7, 11) is 1.85. The second-order valence-corrected chi connectivity index (χ2v) is 6.41. The van der Waals surface area contributed by atoms with Gasteiger partial charge in [0.1, 0.15) is 11.8 Å². The monoisotopic (exact) mass is 346 g/mol. The molecule has 0 heterocycles. The predicted molar refractivity (Wildman–Crippen MR) is 106 cm³/mol. The summed E-state index contributed by atoms with van der Waals surface area (Å²) in [5.74, 6) is 0.0758. The van der Waals surface area contributed by atoms with Crippen molar-refractivity contribution < 1.29 is 5.11 Å². The molecule has 3 nitrogen and oxygen atoms in total. The van der Waals surface area contributed by atoms with Crippen molar-refractivity contribution in [2.45, 2.75) is 31.4 Å². The number of allylic oxidation sites excluding steroid dienone is 3. The molecule has 0 amide bonds. The van der Waals surface area contributed by atoms with Gasteiger partial charge in [0.2, 0.25) is 0 Å². The molecule has 0 aliphatic heterocycles. The van der Waals surface area contributed by atoms with Gasteiger partial charge in [-0.1, -0.05) is 66.7 Å². The highest BCUT2D eigenvalue weighted by molar-refractivity contribution is 5.31. The van der Waals surface area contributed by atoms with Crippen LogP contribution in [0, 0.1) is 11.3 Å². The van der Waals surface area contributed by atoms with E-state index < -0.39 is 6.10 Å². The minimum atomic E-state index is -0.674. The molecule has 1 N–H and O–H groups in total. The van der Waals surface area contributed by atoms with Gasteiger partial charge in [0.25, 0.3) is 0 Å². The minimum Gasteiger partial charge on any atom is -0.386 e. The van der Waals surface area contributed by atoms with E-state index in [4.69, 9.17) is 0 Å². The molecule has 0 spiro atoms. The van der Waals surface area contributed by atoms with Crippen molar-refractivity contribution in [1.29, 1.82) is 5.26 Å². The van der Waals surface area contributed by atoms with Crippen LogP contribution in [0.25, 0.3) is 0 Å². The Hall–Kier alpha value is -2.83. The number of aliphatic hydroxyl groups excluding tert-OH is 1. The summed E-state index contributed by atoms with van der Waals surface area (Å²) in [6.45, 7) is 5.77. The van der Waals surface area contributed by atoms with Gasteiger partial charge in [0.15, 0.2) is 0 Å².